The Morgan fingerprint density at radius 3 is 3.04 bits per heavy atom. The van der Waals surface area contributed by atoms with E-state index in [1.54, 1.807) is 0 Å². The molecule has 26 heavy (non-hydrogen) atoms. The summed E-state index contributed by atoms with van der Waals surface area (Å²) in [5.41, 5.74) is 4.21. The quantitative estimate of drug-likeness (QED) is 0.603. The fourth-order valence-electron chi connectivity index (χ4n) is 3.51. The fraction of sp³-hybridized carbons (Fsp3) is 0.300. The van der Waals surface area contributed by atoms with E-state index in [2.05, 4.69) is 34.3 Å². The highest BCUT2D eigenvalue weighted by atomic mass is 35.5. The maximum absolute atomic E-state index is 6.09. The van der Waals surface area contributed by atoms with Crippen molar-refractivity contribution >= 4 is 45.7 Å². The van der Waals surface area contributed by atoms with Crippen molar-refractivity contribution in [3.8, 4) is 0 Å². The van der Waals surface area contributed by atoms with Crippen molar-refractivity contribution in [1.82, 2.24) is 14.9 Å². The minimum atomic E-state index is 0.340. The van der Waals surface area contributed by atoms with Gasteiger partial charge in [0.05, 0.1) is 11.0 Å². The number of hydrogen-bond acceptors (Lipinski definition) is 2. The van der Waals surface area contributed by atoms with E-state index in [1.165, 1.54) is 5.56 Å². The number of H-pyrrole nitrogens is 1. The van der Waals surface area contributed by atoms with E-state index in [0.29, 0.717) is 5.92 Å². The zero-order valence-electron chi connectivity index (χ0n) is 14.6. The van der Waals surface area contributed by atoms with Crippen molar-refractivity contribution < 1.29 is 0 Å². The van der Waals surface area contributed by atoms with Gasteiger partial charge in [-0.1, -0.05) is 23.7 Å². The summed E-state index contributed by atoms with van der Waals surface area (Å²) >= 11 is 11.7. The lowest BCUT2D eigenvalue weighted by atomic mass is 9.98. The molecule has 1 unspecified atom stereocenters. The van der Waals surface area contributed by atoms with Crippen LogP contribution in [0, 0.1) is 6.92 Å². The number of aromatic amines is 1. The van der Waals surface area contributed by atoms with Crippen molar-refractivity contribution in [2.45, 2.75) is 25.7 Å². The summed E-state index contributed by atoms with van der Waals surface area (Å²) in [5.74, 6) is 1.36. The molecule has 1 saturated heterocycles. The lowest BCUT2D eigenvalue weighted by Gasteiger charge is -2.33. The molecule has 2 N–H and O–H groups in total. The molecule has 0 aliphatic carbocycles. The molecule has 0 spiro atoms. The van der Waals surface area contributed by atoms with Gasteiger partial charge >= 0.3 is 0 Å². The van der Waals surface area contributed by atoms with Gasteiger partial charge in [-0.25, -0.2) is 4.98 Å². The summed E-state index contributed by atoms with van der Waals surface area (Å²) in [5, 5.41) is 4.87. The Morgan fingerprint density at radius 2 is 2.19 bits per heavy atom. The van der Waals surface area contributed by atoms with Crippen LogP contribution in [-0.2, 0) is 0 Å². The minimum Gasteiger partial charge on any atom is -0.348 e. The van der Waals surface area contributed by atoms with Crippen molar-refractivity contribution in [3.63, 3.8) is 0 Å². The number of imidazole rings is 1. The summed E-state index contributed by atoms with van der Waals surface area (Å²) < 4.78 is 0. The molecule has 0 amide bonds. The van der Waals surface area contributed by atoms with Gasteiger partial charge in [0.15, 0.2) is 5.11 Å². The van der Waals surface area contributed by atoms with Crippen molar-refractivity contribution in [1.29, 1.82) is 0 Å². The van der Waals surface area contributed by atoms with Crippen LogP contribution in [0.3, 0.4) is 0 Å². The average molecular weight is 385 g/mol. The van der Waals surface area contributed by atoms with Crippen LogP contribution in [-0.4, -0.2) is 33.1 Å². The van der Waals surface area contributed by atoms with Gasteiger partial charge < -0.3 is 15.2 Å². The van der Waals surface area contributed by atoms with Gasteiger partial charge in [-0.05, 0) is 67.9 Å². The number of halogens is 1. The third-order valence-corrected chi connectivity index (χ3v) is 5.42. The molecule has 134 valence electrons. The molecule has 2 heterocycles. The third kappa shape index (κ3) is 3.69. The number of rotatable bonds is 2. The maximum atomic E-state index is 6.09. The first-order valence-corrected chi connectivity index (χ1v) is 9.65. The number of nitrogens with one attached hydrogen (secondary N) is 2. The van der Waals surface area contributed by atoms with Gasteiger partial charge in [-0.3, -0.25) is 0 Å². The van der Waals surface area contributed by atoms with E-state index < -0.39 is 0 Å². The van der Waals surface area contributed by atoms with E-state index in [9.17, 15) is 0 Å². The molecule has 0 bridgehead atoms. The first-order valence-electron chi connectivity index (χ1n) is 8.86. The number of benzene rings is 2. The van der Waals surface area contributed by atoms with E-state index in [4.69, 9.17) is 28.8 Å². The Morgan fingerprint density at radius 1 is 1.31 bits per heavy atom. The molecule has 0 radical (unpaired) electrons. The Labute approximate surface area is 163 Å². The van der Waals surface area contributed by atoms with Crippen molar-refractivity contribution in [2.75, 3.05) is 18.4 Å². The van der Waals surface area contributed by atoms with Gasteiger partial charge in [0.1, 0.15) is 5.82 Å². The first kappa shape index (κ1) is 17.3. The standard InChI is InChI=1S/C20H21ClN4S/c1-13-4-2-6-16(10-13)22-20(26)25-9-3-5-14(12-25)19-23-17-8-7-15(21)11-18(17)24-19/h2,4,6-8,10-11,14H,3,5,9,12H2,1H3,(H,22,26)(H,23,24). The zero-order chi connectivity index (χ0) is 18.1. The molecule has 3 aromatic rings. The minimum absolute atomic E-state index is 0.340. The second-order valence-electron chi connectivity index (χ2n) is 6.87. The average Bonchev–Trinajstić information content (AvgIpc) is 3.05. The van der Waals surface area contributed by atoms with Gasteiger partial charge in [0.2, 0.25) is 0 Å². The van der Waals surface area contributed by atoms with Crippen LogP contribution >= 0.6 is 23.8 Å². The summed E-state index contributed by atoms with van der Waals surface area (Å²) in [4.78, 5) is 10.4. The Kier molecular flexibility index (Phi) is 4.83. The fourth-order valence-corrected chi connectivity index (χ4v) is 3.96. The van der Waals surface area contributed by atoms with Crippen LogP contribution in [0.1, 0.15) is 30.1 Å². The first-order chi connectivity index (χ1) is 12.6. The molecule has 1 atom stereocenters. The van der Waals surface area contributed by atoms with Gasteiger partial charge in [-0.2, -0.15) is 0 Å². The molecule has 1 aromatic heterocycles. The predicted molar refractivity (Wildman–Crippen MR) is 112 cm³/mol. The number of anilines is 1. The SMILES string of the molecule is Cc1cccc(NC(=S)N2CCCC(c3nc4ccc(Cl)cc4[nH]3)C2)c1. The van der Waals surface area contributed by atoms with Crippen molar-refractivity contribution in [2.24, 2.45) is 0 Å². The molecule has 1 aliphatic rings. The van der Waals surface area contributed by atoms with Gasteiger partial charge in [-0.15, -0.1) is 0 Å². The van der Waals surface area contributed by atoms with E-state index >= 15 is 0 Å². The Hall–Kier alpha value is -2.11. The molecule has 1 aliphatic heterocycles. The summed E-state index contributed by atoms with van der Waals surface area (Å²) in [6.45, 7) is 3.92. The summed E-state index contributed by atoms with van der Waals surface area (Å²) in [6, 6.07) is 14.0. The number of piperidine rings is 1. The molecule has 1 fully saturated rings. The van der Waals surface area contributed by atoms with Crippen LogP contribution in [0.2, 0.25) is 5.02 Å². The number of nitrogens with zero attached hydrogens (tertiary/aromatic N) is 2. The number of fused-ring (bicyclic) bond motifs is 1. The van der Waals surface area contributed by atoms with E-state index in [-0.39, 0.29) is 0 Å². The van der Waals surface area contributed by atoms with Crippen LogP contribution < -0.4 is 5.32 Å². The third-order valence-electron chi connectivity index (χ3n) is 4.83. The normalized spacial score (nSPS) is 17.5. The van der Waals surface area contributed by atoms with Crippen LogP contribution in [0.4, 0.5) is 5.69 Å². The Balaban J connectivity index is 1.48. The molecule has 4 nitrogen and oxygen atoms in total. The number of aromatic nitrogens is 2. The summed E-state index contributed by atoms with van der Waals surface area (Å²) in [7, 11) is 0. The topological polar surface area (TPSA) is 44.0 Å². The second kappa shape index (κ2) is 7.25. The number of aryl methyl sites for hydroxylation is 1. The van der Waals surface area contributed by atoms with Gasteiger partial charge in [0, 0.05) is 29.7 Å². The number of hydrogen-bond donors (Lipinski definition) is 2. The van der Waals surface area contributed by atoms with Crippen LogP contribution in [0.5, 0.6) is 0 Å². The lowest BCUT2D eigenvalue weighted by Crippen LogP contribution is -2.41. The highest BCUT2D eigenvalue weighted by molar-refractivity contribution is 7.80. The predicted octanol–water partition coefficient (Wildman–Crippen LogP) is 5.10. The molecular weight excluding hydrogens is 364 g/mol. The molecular formula is C20H21ClN4S. The maximum Gasteiger partial charge on any atom is 0.173 e. The van der Waals surface area contributed by atoms with E-state index in [1.807, 2.05) is 30.3 Å². The van der Waals surface area contributed by atoms with E-state index in [0.717, 1.165) is 58.6 Å². The second-order valence-corrected chi connectivity index (χ2v) is 7.69. The van der Waals surface area contributed by atoms with Crippen LogP contribution in [0.15, 0.2) is 42.5 Å². The number of thiocarbonyl (C=S) groups is 1. The molecule has 6 heteroatoms. The molecule has 0 saturated carbocycles. The largest absolute Gasteiger partial charge is 0.348 e. The number of likely N-dealkylation sites (tertiary alicyclic amines) is 1. The van der Waals surface area contributed by atoms with Crippen LogP contribution in [0.25, 0.3) is 11.0 Å². The lowest BCUT2D eigenvalue weighted by molar-refractivity contribution is 0.307. The zero-order valence-corrected chi connectivity index (χ0v) is 16.2. The van der Waals surface area contributed by atoms with Crippen molar-refractivity contribution in [3.05, 3.63) is 58.9 Å². The monoisotopic (exact) mass is 384 g/mol. The smallest absolute Gasteiger partial charge is 0.173 e. The summed E-state index contributed by atoms with van der Waals surface area (Å²) in [6.07, 6.45) is 2.20. The highest BCUT2D eigenvalue weighted by Gasteiger charge is 2.25. The molecule has 4 rings (SSSR count). The Bertz CT molecular complexity index is 952. The highest BCUT2D eigenvalue weighted by Crippen LogP contribution is 2.28. The molecule has 2 aromatic carbocycles. The van der Waals surface area contributed by atoms with Gasteiger partial charge in [0.25, 0.3) is 0 Å².